The fraction of sp³-hybridized carbons (Fsp3) is 0.929. The van der Waals surface area contributed by atoms with Crippen LogP contribution in [0.5, 0.6) is 0 Å². The SMILES string of the molecule is CCC1(CNC(=O)N2CCCCC2)CCCC1. The Kier molecular flexibility index (Phi) is 4.30. The Bertz CT molecular complexity index is 253. The van der Waals surface area contributed by atoms with Crippen molar-refractivity contribution >= 4 is 6.03 Å². The van der Waals surface area contributed by atoms with E-state index >= 15 is 0 Å². The van der Waals surface area contributed by atoms with Gasteiger partial charge in [0.1, 0.15) is 0 Å². The van der Waals surface area contributed by atoms with Gasteiger partial charge in [-0.1, -0.05) is 19.8 Å². The molecule has 0 radical (unpaired) electrons. The second-order valence-electron chi connectivity index (χ2n) is 5.77. The van der Waals surface area contributed by atoms with E-state index in [1.807, 2.05) is 4.90 Å². The van der Waals surface area contributed by atoms with Gasteiger partial charge in [-0.25, -0.2) is 4.79 Å². The molecule has 2 rings (SSSR count). The van der Waals surface area contributed by atoms with Crippen molar-refractivity contribution in [1.29, 1.82) is 0 Å². The van der Waals surface area contributed by atoms with Gasteiger partial charge in [0, 0.05) is 19.6 Å². The molecule has 0 spiro atoms. The maximum absolute atomic E-state index is 12.0. The van der Waals surface area contributed by atoms with E-state index in [1.165, 1.54) is 51.4 Å². The normalized spacial score (nSPS) is 23.7. The molecular weight excluding hydrogens is 212 g/mol. The van der Waals surface area contributed by atoms with E-state index in [-0.39, 0.29) is 6.03 Å². The van der Waals surface area contributed by atoms with Crippen LogP contribution in [-0.2, 0) is 0 Å². The Morgan fingerprint density at radius 1 is 1.12 bits per heavy atom. The van der Waals surface area contributed by atoms with Crippen LogP contribution in [0.4, 0.5) is 4.79 Å². The molecule has 0 aromatic rings. The molecule has 2 amide bonds. The fourth-order valence-corrected chi connectivity index (χ4v) is 3.25. The minimum absolute atomic E-state index is 0.171. The maximum atomic E-state index is 12.0. The van der Waals surface area contributed by atoms with Crippen LogP contribution in [-0.4, -0.2) is 30.6 Å². The van der Waals surface area contributed by atoms with Gasteiger partial charge in [0.2, 0.25) is 0 Å². The Morgan fingerprint density at radius 3 is 2.35 bits per heavy atom. The van der Waals surface area contributed by atoms with Gasteiger partial charge in [0.15, 0.2) is 0 Å². The van der Waals surface area contributed by atoms with E-state index in [9.17, 15) is 4.79 Å². The molecule has 2 fully saturated rings. The molecule has 1 heterocycles. The van der Waals surface area contributed by atoms with Crippen molar-refractivity contribution in [3.05, 3.63) is 0 Å². The van der Waals surface area contributed by atoms with Crippen LogP contribution in [0.1, 0.15) is 58.3 Å². The lowest BCUT2D eigenvalue weighted by Gasteiger charge is -2.31. The Labute approximate surface area is 105 Å². The topological polar surface area (TPSA) is 32.3 Å². The molecule has 98 valence electrons. The predicted octanol–water partition coefficient (Wildman–Crippen LogP) is 3.15. The lowest BCUT2D eigenvalue weighted by atomic mass is 9.83. The van der Waals surface area contributed by atoms with Crippen molar-refractivity contribution in [2.45, 2.75) is 58.3 Å². The van der Waals surface area contributed by atoms with E-state index in [4.69, 9.17) is 0 Å². The molecule has 1 saturated carbocycles. The first kappa shape index (κ1) is 12.7. The molecule has 0 aromatic carbocycles. The summed E-state index contributed by atoms with van der Waals surface area (Å²) in [5.41, 5.74) is 0.408. The monoisotopic (exact) mass is 238 g/mol. The molecule has 1 aliphatic carbocycles. The van der Waals surface area contributed by atoms with Gasteiger partial charge in [0.05, 0.1) is 0 Å². The quantitative estimate of drug-likeness (QED) is 0.805. The number of likely N-dealkylation sites (tertiary alicyclic amines) is 1. The molecule has 17 heavy (non-hydrogen) atoms. The van der Waals surface area contributed by atoms with E-state index in [2.05, 4.69) is 12.2 Å². The Hall–Kier alpha value is -0.730. The summed E-state index contributed by atoms with van der Waals surface area (Å²) in [5, 5.41) is 3.17. The van der Waals surface area contributed by atoms with Crippen LogP contribution >= 0.6 is 0 Å². The van der Waals surface area contributed by atoms with Gasteiger partial charge >= 0.3 is 6.03 Å². The number of carbonyl (C=O) groups excluding carboxylic acids is 1. The van der Waals surface area contributed by atoms with E-state index in [0.717, 1.165) is 19.6 Å². The second kappa shape index (κ2) is 5.74. The lowest BCUT2D eigenvalue weighted by Crippen LogP contribution is -2.46. The molecule has 0 unspecified atom stereocenters. The third-order valence-electron chi connectivity index (χ3n) is 4.67. The van der Waals surface area contributed by atoms with Gasteiger partial charge in [-0.15, -0.1) is 0 Å². The van der Waals surface area contributed by atoms with Crippen molar-refractivity contribution in [2.24, 2.45) is 5.41 Å². The van der Waals surface area contributed by atoms with Crippen LogP contribution in [0, 0.1) is 5.41 Å². The van der Waals surface area contributed by atoms with Crippen LogP contribution < -0.4 is 5.32 Å². The molecule has 0 bridgehead atoms. The van der Waals surface area contributed by atoms with Crippen LogP contribution in [0.25, 0.3) is 0 Å². The number of nitrogens with zero attached hydrogens (tertiary/aromatic N) is 1. The summed E-state index contributed by atoms with van der Waals surface area (Å²) in [6.07, 6.45) is 10.1. The largest absolute Gasteiger partial charge is 0.337 e. The first-order valence-electron chi connectivity index (χ1n) is 7.29. The number of amides is 2. The average Bonchev–Trinajstić information content (AvgIpc) is 2.86. The summed E-state index contributed by atoms with van der Waals surface area (Å²) in [6.45, 7) is 5.05. The van der Waals surface area contributed by atoms with Gasteiger partial charge in [-0.3, -0.25) is 0 Å². The highest BCUT2D eigenvalue weighted by atomic mass is 16.2. The third-order valence-corrected chi connectivity index (χ3v) is 4.67. The fourth-order valence-electron chi connectivity index (χ4n) is 3.25. The number of piperidine rings is 1. The molecule has 3 heteroatoms. The van der Waals surface area contributed by atoms with E-state index in [1.54, 1.807) is 0 Å². The summed E-state index contributed by atoms with van der Waals surface area (Å²) in [6, 6.07) is 0.171. The number of hydrogen-bond acceptors (Lipinski definition) is 1. The number of urea groups is 1. The summed E-state index contributed by atoms with van der Waals surface area (Å²) in [4.78, 5) is 14.0. The number of nitrogens with one attached hydrogen (secondary N) is 1. The van der Waals surface area contributed by atoms with E-state index < -0.39 is 0 Å². The first-order chi connectivity index (χ1) is 8.26. The molecular formula is C14H26N2O. The van der Waals surface area contributed by atoms with Crippen LogP contribution in [0.2, 0.25) is 0 Å². The molecule has 1 aliphatic heterocycles. The predicted molar refractivity (Wildman–Crippen MR) is 70.0 cm³/mol. The van der Waals surface area contributed by atoms with Crippen molar-refractivity contribution in [1.82, 2.24) is 10.2 Å². The van der Waals surface area contributed by atoms with Crippen LogP contribution in [0.3, 0.4) is 0 Å². The summed E-state index contributed by atoms with van der Waals surface area (Å²) < 4.78 is 0. The summed E-state index contributed by atoms with van der Waals surface area (Å²) in [5.74, 6) is 0. The minimum Gasteiger partial charge on any atom is -0.337 e. The van der Waals surface area contributed by atoms with Crippen molar-refractivity contribution in [3.63, 3.8) is 0 Å². The molecule has 1 N–H and O–H groups in total. The molecule has 2 aliphatic rings. The highest BCUT2D eigenvalue weighted by Crippen LogP contribution is 2.40. The minimum atomic E-state index is 0.171. The molecule has 0 aromatic heterocycles. The third kappa shape index (κ3) is 3.14. The van der Waals surface area contributed by atoms with E-state index in [0.29, 0.717) is 5.41 Å². The molecule has 3 nitrogen and oxygen atoms in total. The van der Waals surface area contributed by atoms with Gasteiger partial charge in [-0.05, 0) is 43.9 Å². The smallest absolute Gasteiger partial charge is 0.317 e. The zero-order valence-electron chi connectivity index (χ0n) is 11.1. The van der Waals surface area contributed by atoms with Crippen molar-refractivity contribution < 1.29 is 4.79 Å². The van der Waals surface area contributed by atoms with Crippen LogP contribution in [0.15, 0.2) is 0 Å². The first-order valence-corrected chi connectivity index (χ1v) is 7.29. The zero-order chi connectivity index (χ0) is 12.1. The Morgan fingerprint density at radius 2 is 1.76 bits per heavy atom. The lowest BCUT2D eigenvalue weighted by molar-refractivity contribution is 0.176. The zero-order valence-corrected chi connectivity index (χ0v) is 11.1. The maximum Gasteiger partial charge on any atom is 0.317 e. The highest BCUT2D eigenvalue weighted by Gasteiger charge is 2.32. The standard InChI is InChI=1S/C14H26N2O/c1-2-14(8-4-5-9-14)12-15-13(17)16-10-6-3-7-11-16/h2-12H2,1H3,(H,15,17). The Balaban J connectivity index is 1.78. The number of hydrogen-bond donors (Lipinski definition) is 1. The number of rotatable bonds is 3. The summed E-state index contributed by atoms with van der Waals surface area (Å²) in [7, 11) is 0. The molecule has 1 saturated heterocycles. The van der Waals surface area contributed by atoms with Crippen molar-refractivity contribution in [2.75, 3.05) is 19.6 Å². The average molecular weight is 238 g/mol. The van der Waals surface area contributed by atoms with Crippen molar-refractivity contribution in [3.8, 4) is 0 Å². The van der Waals surface area contributed by atoms with Gasteiger partial charge < -0.3 is 10.2 Å². The molecule has 0 atom stereocenters. The van der Waals surface area contributed by atoms with Gasteiger partial charge in [-0.2, -0.15) is 0 Å². The summed E-state index contributed by atoms with van der Waals surface area (Å²) >= 11 is 0. The highest BCUT2D eigenvalue weighted by molar-refractivity contribution is 5.74. The number of carbonyl (C=O) groups is 1. The van der Waals surface area contributed by atoms with Gasteiger partial charge in [0.25, 0.3) is 0 Å². The second-order valence-corrected chi connectivity index (χ2v) is 5.77.